The molecule has 1 aromatic heterocycles. The Morgan fingerprint density at radius 2 is 1.86 bits per heavy atom. The van der Waals surface area contributed by atoms with Crippen molar-refractivity contribution in [3.8, 4) is 0 Å². The molecule has 1 N–H and O–H groups in total. The second-order valence-electron chi connectivity index (χ2n) is 4.97. The van der Waals surface area contributed by atoms with Gasteiger partial charge in [0.25, 0.3) is 0 Å². The lowest BCUT2D eigenvalue weighted by Gasteiger charge is -2.06. The van der Waals surface area contributed by atoms with E-state index in [4.69, 9.17) is 0 Å². The molecule has 22 heavy (non-hydrogen) atoms. The number of thioether (sulfide) groups is 1. The second-order valence-corrected chi connectivity index (χ2v) is 5.85. The van der Waals surface area contributed by atoms with E-state index in [2.05, 4.69) is 46.0 Å². The lowest BCUT2D eigenvalue weighted by molar-refractivity contribution is 1.24. The van der Waals surface area contributed by atoms with E-state index in [-0.39, 0.29) is 0 Å². The van der Waals surface area contributed by atoms with Gasteiger partial charge in [0, 0.05) is 16.0 Å². The van der Waals surface area contributed by atoms with Crippen LogP contribution in [0.25, 0.3) is 10.9 Å². The van der Waals surface area contributed by atoms with E-state index in [0.717, 1.165) is 27.8 Å². The summed E-state index contributed by atoms with van der Waals surface area (Å²) in [6.07, 6.45) is 3.90. The number of rotatable bonds is 4. The number of hydrogen-bond donors (Lipinski definition) is 1. The third-order valence-corrected chi connectivity index (χ3v) is 4.10. The number of hydrazone groups is 1. The Hall–Kier alpha value is -2.33. The second kappa shape index (κ2) is 6.62. The Morgan fingerprint density at radius 3 is 2.64 bits per heavy atom. The van der Waals surface area contributed by atoms with Gasteiger partial charge in [0.1, 0.15) is 0 Å². The normalized spacial score (nSPS) is 11.2. The van der Waals surface area contributed by atoms with Crippen LogP contribution in [0.4, 0.5) is 5.69 Å². The summed E-state index contributed by atoms with van der Waals surface area (Å²) in [6.45, 7) is 1.99. The first kappa shape index (κ1) is 14.6. The van der Waals surface area contributed by atoms with Gasteiger partial charge in [-0.3, -0.25) is 10.4 Å². The van der Waals surface area contributed by atoms with Gasteiger partial charge in [0.05, 0.1) is 17.4 Å². The molecule has 2 aromatic carbocycles. The monoisotopic (exact) mass is 307 g/mol. The fourth-order valence-corrected chi connectivity index (χ4v) is 2.67. The number of aromatic nitrogens is 1. The van der Waals surface area contributed by atoms with Gasteiger partial charge >= 0.3 is 0 Å². The van der Waals surface area contributed by atoms with Gasteiger partial charge in [0.15, 0.2) is 0 Å². The molecule has 0 aliphatic heterocycles. The maximum absolute atomic E-state index is 4.53. The van der Waals surface area contributed by atoms with Crippen molar-refractivity contribution in [3.05, 3.63) is 65.9 Å². The largest absolute Gasteiger partial charge is 0.278 e. The van der Waals surface area contributed by atoms with E-state index in [0.29, 0.717) is 0 Å². The SMILES string of the molecule is CSc1ccc(/C=N/Nc2cc(C)nc3ccccc23)cc1. The minimum absolute atomic E-state index is 0.972. The highest BCUT2D eigenvalue weighted by atomic mass is 32.2. The van der Waals surface area contributed by atoms with Gasteiger partial charge in [-0.05, 0) is 43.0 Å². The predicted molar refractivity (Wildman–Crippen MR) is 95.9 cm³/mol. The van der Waals surface area contributed by atoms with E-state index in [1.54, 1.807) is 11.8 Å². The van der Waals surface area contributed by atoms with Gasteiger partial charge < -0.3 is 0 Å². The topological polar surface area (TPSA) is 37.3 Å². The fraction of sp³-hybridized carbons (Fsp3) is 0.111. The molecule has 0 saturated carbocycles. The van der Waals surface area contributed by atoms with Crippen LogP contribution in [0.5, 0.6) is 0 Å². The zero-order valence-corrected chi connectivity index (χ0v) is 13.4. The summed E-state index contributed by atoms with van der Waals surface area (Å²) in [4.78, 5) is 5.78. The Bertz CT molecular complexity index is 810. The van der Waals surface area contributed by atoms with E-state index >= 15 is 0 Å². The highest BCUT2D eigenvalue weighted by Crippen LogP contribution is 2.22. The first-order valence-electron chi connectivity index (χ1n) is 7.06. The highest BCUT2D eigenvalue weighted by Gasteiger charge is 2.02. The van der Waals surface area contributed by atoms with Crippen LogP contribution in [-0.4, -0.2) is 17.5 Å². The summed E-state index contributed by atoms with van der Waals surface area (Å²) in [7, 11) is 0. The smallest absolute Gasteiger partial charge is 0.0726 e. The molecule has 110 valence electrons. The summed E-state index contributed by atoms with van der Waals surface area (Å²) >= 11 is 1.73. The molecule has 0 amide bonds. The van der Waals surface area contributed by atoms with Crippen LogP contribution in [-0.2, 0) is 0 Å². The van der Waals surface area contributed by atoms with E-state index in [1.807, 2.05) is 43.5 Å². The molecule has 1 heterocycles. The Labute approximate surface area is 134 Å². The van der Waals surface area contributed by atoms with Gasteiger partial charge in [-0.15, -0.1) is 11.8 Å². The molecule has 3 aromatic rings. The van der Waals surface area contributed by atoms with E-state index in [1.165, 1.54) is 4.90 Å². The quantitative estimate of drug-likeness (QED) is 0.431. The van der Waals surface area contributed by atoms with Crippen molar-refractivity contribution in [2.45, 2.75) is 11.8 Å². The van der Waals surface area contributed by atoms with Crippen LogP contribution in [0.15, 0.2) is 64.6 Å². The molecular weight excluding hydrogens is 290 g/mol. The van der Waals surface area contributed by atoms with Crippen LogP contribution >= 0.6 is 11.8 Å². The van der Waals surface area contributed by atoms with Gasteiger partial charge in [0.2, 0.25) is 0 Å². The lowest BCUT2D eigenvalue weighted by atomic mass is 10.1. The summed E-state index contributed by atoms with van der Waals surface area (Å²) < 4.78 is 0. The summed E-state index contributed by atoms with van der Waals surface area (Å²) in [5.41, 5.74) is 7.12. The fourth-order valence-electron chi connectivity index (χ4n) is 2.27. The Balaban J connectivity index is 1.82. The molecule has 0 unspecified atom stereocenters. The summed E-state index contributed by atoms with van der Waals surface area (Å²) in [5, 5.41) is 5.42. The van der Waals surface area contributed by atoms with Crippen molar-refractivity contribution in [2.24, 2.45) is 5.10 Å². The zero-order chi connectivity index (χ0) is 15.4. The molecule has 3 rings (SSSR count). The molecule has 0 atom stereocenters. The number of nitrogens with one attached hydrogen (secondary N) is 1. The predicted octanol–water partition coefficient (Wildman–Crippen LogP) is 4.71. The van der Waals surface area contributed by atoms with Crippen LogP contribution in [0, 0.1) is 6.92 Å². The summed E-state index contributed by atoms with van der Waals surface area (Å²) in [6, 6.07) is 18.4. The van der Waals surface area contributed by atoms with Crippen molar-refractivity contribution in [3.63, 3.8) is 0 Å². The number of benzene rings is 2. The first-order valence-corrected chi connectivity index (χ1v) is 8.28. The molecule has 0 saturated heterocycles. The number of nitrogens with zero attached hydrogens (tertiary/aromatic N) is 2. The number of aryl methyl sites for hydroxylation is 1. The Morgan fingerprint density at radius 1 is 1.09 bits per heavy atom. The van der Waals surface area contributed by atoms with Crippen LogP contribution in [0.1, 0.15) is 11.3 Å². The molecule has 0 bridgehead atoms. The third kappa shape index (κ3) is 3.28. The molecular formula is C18H17N3S. The molecule has 0 spiro atoms. The minimum atomic E-state index is 0.972. The van der Waals surface area contributed by atoms with Crippen molar-refractivity contribution in [2.75, 3.05) is 11.7 Å². The molecule has 0 fully saturated rings. The summed E-state index contributed by atoms with van der Waals surface area (Å²) in [5.74, 6) is 0. The van der Waals surface area contributed by atoms with Crippen LogP contribution in [0.3, 0.4) is 0 Å². The lowest BCUT2D eigenvalue weighted by Crippen LogP contribution is -1.94. The maximum atomic E-state index is 4.53. The first-order chi connectivity index (χ1) is 10.8. The van der Waals surface area contributed by atoms with Crippen molar-refractivity contribution in [1.29, 1.82) is 0 Å². The maximum Gasteiger partial charge on any atom is 0.0726 e. The molecule has 0 aliphatic rings. The number of para-hydroxylation sites is 1. The van der Waals surface area contributed by atoms with E-state index < -0.39 is 0 Å². The van der Waals surface area contributed by atoms with Crippen LogP contribution in [0.2, 0.25) is 0 Å². The average Bonchev–Trinajstić information content (AvgIpc) is 2.55. The van der Waals surface area contributed by atoms with Gasteiger partial charge in [-0.2, -0.15) is 5.10 Å². The number of anilines is 1. The molecule has 3 nitrogen and oxygen atoms in total. The highest BCUT2D eigenvalue weighted by molar-refractivity contribution is 7.98. The third-order valence-electron chi connectivity index (χ3n) is 3.36. The number of fused-ring (bicyclic) bond motifs is 1. The standard InChI is InChI=1S/C18H17N3S/c1-13-11-18(16-5-3-4-6-17(16)20-13)21-19-12-14-7-9-15(22-2)10-8-14/h3-12H,1-2H3,(H,20,21)/b19-12+. The van der Waals surface area contributed by atoms with Crippen molar-refractivity contribution >= 4 is 34.6 Å². The minimum Gasteiger partial charge on any atom is -0.278 e. The van der Waals surface area contributed by atoms with Crippen molar-refractivity contribution < 1.29 is 0 Å². The number of hydrogen-bond acceptors (Lipinski definition) is 4. The number of pyridine rings is 1. The molecule has 4 heteroatoms. The zero-order valence-electron chi connectivity index (χ0n) is 12.6. The average molecular weight is 307 g/mol. The van der Waals surface area contributed by atoms with Gasteiger partial charge in [-0.25, -0.2) is 0 Å². The van der Waals surface area contributed by atoms with E-state index in [9.17, 15) is 0 Å². The Kier molecular flexibility index (Phi) is 4.39. The van der Waals surface area contributed by atoms with Crippen LogP contribution < -0.4 is 5.43 Å². The molecule has 0 radical (unpaired) electrons. The van der Waals surface area contributed by atoms with Gasteiger partial charge in [-0.1, -0.05) is 30.3 Å². The molecule has 0 aliphatic carbocycles. The van der Waals surface area contributed by atoms with Crippen molar-refractivity contribution in [1.82, 2.24) is 4.98 Å².